The summed E-state index contributed by atoms with van der Waals surface area (Å²) in [6.45, 7) is 6.46. The van der Waals surface area contributed by atoms with Crippen molar-refractivity contribution in [2.45, 2.75) is 58.6 Å². The van der Waals surface area contributed by atoms with E-state index in [1.807, 2.05) is 56.3 Å². The molecule has 0 aliphatic rings. The van der Waals surface area contributed by atoms with Crippen LogP contribution in [0.15, 0.2) is 77.6 Å². The Bertz CT molecular complexity index is 1460. The van der Waals surface area contributed by atoms with Gasteiger partial charge in [-0.2, -0.15) is 4.68 Å². The van der Waals surface area contributed by atoms with Crippen LogP contribution in [0.5, 0.6) is 5.75 Å². The van der Waals surface area contributed by atoms with Crippen LogP contribution in [0.25, 0.3) is 5.69 Å². The van der Waals surface area contributed by atoms with Crippen molar-refractivity contribution in [2.24, 2.45) is 0 Å². The van der Waals surface area contributed by atoms with E-state index < -0.39 is 12.1 Å². The molecule has 3 aromatic carbocycles. The Labute approximate surface area is 227 Å². The van der Waals surface area contributed by atoms with E-state index in [0.717, 1.165) is 24.0 Å². The molecule has 4 aromatic rings. The predicted molar refractivity (Wildman–Crippen MR) is 149 cm³/mol. The molecule has 1 heterocycles. The van der Waals surface area contributed by atoms with Gasteiger partial charge in [0.15, 0.2) is 0 Å². The lowest BCUT2D eigenvalue weighted by Gasteiger charge is -2.20. The number of halogens is 1. The number of unbranched alkanes of at least 4 members (excludes halogenated alkanes) is 1. The van der Waals surface area contributed by atoms with Crippen molar-refractivity contribution in [3.63, 3.8) is 0 Å². The first kappa shape index (κ1) is 27.2. The number of benzene rings is 3. The highest BCUT2D eigenvalue weighted by Crippen LogP contribution is 2.29. The standard InChI is InChI=1S/C30H32ClN3O4/c1-4-5-14-27-32-34(26-13-9-8-12-25(26)31)30(37)33(27)19-21-15-17-22(18-16-21)38-28(29(35)36)24-11-7-6-10-23(24)20(2)3/h6-13,15-18,20,28H,4-5,14,19H2,1-3H3,(H,35,36). The summed E-state index contributed by atoms with van der Waals surface area (Å²) in [5.41, 5.74) is 2.72. The molecular formula is C30H32ClN3O4. The van der Waals surface area contributed by atoms with Crippen LogP contribution in [-0.2, 0) is 17.8 Å². The third-order valence-electron chi connectivity index (χ3n) is 6.42. The molecule has 1 unspecified atom stereocenters. The number of ether oxygens (including phenoxy) is 1. The van der Waals surface area contributed by atoms with E-state index in [-0.39, 0.29) is 11.6 Å². The van der Waals surface area contributed by atoms with E-state index in [2.05, 4.69) is 12.0 Å². The van der Waals surface area contributed by atoms with Gasteiger partial charge in [-0.15, -0.1) is 5.10 Å². The lowest BCUT2D eigenvalue weighted by atomic mass is 9.94. The van der Waals surface area contributed by atoms with Crippen molar-refractivity contribution in [2.75, 3.05) is 0 Å². The Morgan fingerprint density at radius 2 is 1.66 bits per heavy atom. The molecule has 0 bridgehead atoms. The Kier molecular flexibility index (Phi) is 8.69. The maximum absolute atomic E-state index is 13.4. The largest absolute Gasteiger partial charge is 0.478 e. The molecule has 198 valence electrons. The first-order chi connectivity index (χ1) is 18.3. The number of aryl methyl sites for hydroxylation is 1. The van der Waals surface area contributed by atoms with Crippen LogP contribution in [0, 0.1) is 0 Å². The maximum atomic E-state index is 13.4. The molecule has 0 aliphatic heterocycles. The number of hydrogen-bond acceptors (Lipinski definition) is 4. The zero-order chi connectivity index (χ0) is 27.2. The van der Waals surface area contributed by atoms with Crippen molar-refractivity contribution in [3.05, 3.63) is 111 Å². The summed E-state index contributed by atoms with van der Waals surface area (Å²) in [5.74, 6) is 0.227. The number of hydrogen-bond donors (Lipinski definition) is 1. The molecule has 0 saturated carbocycles. The summed E-state index contributed by atoms with van der Waals surface area (Å²) in [5, 5.41) is 15.0. The van der Waals surface area contributed by atoms with E-state index in [1.165, 1.54) is 4.68 Å². The third-order valence-corrected chi connectivity index (χ3v) is 6.74. The van der Waals surface area contributed by atoms with Gasteiger partial charge >= 0.3 is 11.7 Å². The van der Waals surface area contributed by atoms with Gasteiger partial charge in [-0.05, 0) is 47.7 Å². The van der Waals surface area contributed by atoms with Crippen LogP contribution < -0.4 is 10.4 Å². The monoisotopic (exact) mass is 533 g/mol. The van der Waals surface area contributed by atoms with Crippen LogP contribution in [0.4, 0.5) is 0 Å². The fourth-order valence-corrected chi connectivity index (χ4v) is 4.63. The van der Waals surface area contributed by atoms with Gasteiger partial charge < -0.3 is 9.84 Å². The van der Waals surface area contributed by atoms with E-state index >= 15 is 0 Å². The maximum Gasteiger partial charge on any atom is 0.351 e. The Balaban J connectivity index is 1.60. The first-order valence-corrected chi connectivity index (χ1v) is 13.2. The van der Waals surface area contributed by atoms with Crippen LogP contribution >= 0.6 is 11.6 Å². The van der Waals surface area contributed by atoms with E-state index in [1.54, 1.807) is 34.9 Å². The molecule has 7 nitrogen and oxygen atoms in total. The summed E-state index contributed by atoms with van der Waals surface area (Å²) >= 11 is 6.34. The summed E-state index contributed by atoms with van der Waals surface area (Å²) in [7, 11) is 0. The highest BCUT2D eigenvalue weighted by atomic mass is 35.5. The Morgan fingerprint density at radius 1 is 1.00 bits per heavy atom. The smallest absolute Gasteiger partial charge is 0.351 e. The van der Waals surface area contributed by atoms with Crippen molar-refractivity contribution in [3.8, 4) is 11.4 Å². The molecule has 0 saturated heterocycles. The third kappa shape index (κ3) is 6.00. The fourth-order valence-electron chi connectivity index (χ4n) is 4.41. The van der Waals surface area contributed by atoms with Crippen LogP contribution in [-0.4, -0.2) is 25.4 Å². The minimum absolute atomic E-state index is 0.158. The number of aliphatic carboxylic acids is 1. The van der Waals surface area contributed by atoms with Crippen molar-refractivity contribution in [1.82, 2.24) is 14.3 Å². The number of aromatic nitrogens is 3. The molecule has 1 atom stereocenters. The number of nitrogens with zero attached hydrogens (tertiary/aromatic N) is 3. The van der Waals surface area contributed by atoms with Gasteiger partial charge in [-0.3, -0.25) is 4.57 Å². The number of carboxylic acids is 1. The average Bonchev–Trinajstić information content (AvgIpc) is 3.21. The van der Waals surface area contributed by atoms with E-state index in [0.29, 0.717) is 40.8 Å². The van der Waals surface area contributed by atoms with Crippen molar-refractivity contribution in [1.29, 1.82) is 0 Å². The van der Waals surface area contributed by atoms with Gasteiger partial charge in [0.2, 0.25) is 6.10 Å². The van der Waals surface area contributed by atoms with Gasteiger partial charge in [0.05, 0.1) is 17.3 Å². The van der Waals surface area contributed by atoms with Gasteiger partial charge in [-0.1, -0.05) is 87.3 Å². The minimum atomic E-state index is -1.13. The Hall–Kier alpha value is -3.84. The molecule has 0 radical (unpaired) electrons. The molecule has 1 N–H and O–H groups in total. The molecule has 0 aliphatic carbocycles. The average molecular weight is 534 g/mol. The molecule has 38 heavy (non-hydrogen) atoms. The second-order valence-corrected chi connectivity index (χ2v) is 9.92. The summed E-state index contributed by atoms with van der Waals surface area (Å²) in [6, 6.07) is 21.7. The van der Waals surface area contributed by atoms with Gasteiger partial charge in [0.1, 0.15) is 11.6 Å². The number of rotatable bonds is 11. The molecule has 8 heteroatoms. The summed E-state index contributed by atoms with van der Waals surface area (Å²) < 4.78 is 8.95. The second kappa shape index (κ2) is 12.1. The normalized spacial score (nSPS) is 12.0. The van der Waals surface area contributed by atoms with Crippen LogP contribution in [0.1, 0.15) is 68.1 Å². The summed E-state index contributed by atoms with van der Waals surface area (Å²) in [6.07, 6.45) is 1.42. The van der Waals surface area contributed by atoms with Crippen LogP contribution in [0.2, 0.25) is 5.02 Å². The van der Waals surface area contributed by atoms with E-state index in [4.69, 9.17) is 16.3 Å². The molecular weight excluding hydrogens is 502 g/mol. The highest BCUT2D eigenvalue weighted by molar-refractivity contribution is 6.32. The molecule has 0 fully saturated rings. The number of carboxylic acid groups (broad SMARTS) is 1. The topological polar surface area (TPSA) is 86.4 Å². The van der Waals surface area contributed by atoms with Gasteiger partial charge in [0.25, 0.3) is 0 Å². The first-order valence-electron chi connectivity index (χ1n) is 12.8. The van der Waals surface area contributed by atoms with Gasteiger partial charge in [-0.25, -0.2) is 9.59 Å². The lowest BCUT2D eigenvalue weighted by Crippen LogP contribution is -2.25. The predicted octanol–water partition coefficient (Wildman–Crippen LogP) is 6.41. The fraction of sp³-hybridized carbons (Fsp3) is 0.300. The molecule has 0 spiro atoms. The van der Waals surface area contributed by atoms with Gasteiger partial charge in [0, 0.05) is 12.0 Å². The SMILES string of the molecule is CCCCc1nn(-c2ccccc2Cl)c(=O)n1Cc1ccc(OC(C(=O)O)c2ccccc2C(C)C)cc1. The molecule has 0 amide bonds. The van der Waals surface area contributed by atoms with E-state index in [9.17, 15) is 14.7 Å². The number of para-hydroxylation sites is 1. The molecule has 4 rings (SSSR count). The van der Waals surface area contributed by atoms with Crippen molar-refractivity contribution >= 4 is 17.6 Å². The zero-order valence-corrected chi connectivity index (χ0v) is 22.6. The van der Waals surface area contributed by atoms with Crippen LogP contribution in [0.3, 0.4) is 0 Å². The Morgan fingerprint density at radius 3 is 2.29 bits per heavy atom. The highest BCUT2D eigenvalue weighted by Gasteiger charge is 2.25. The van der Waals surface area contributed by atoms with Crippen molar-refractivity contribution < 1.29 is 14.6 Å². The quantitative estimate of drug-likeness (QED) is 0.241. The second-order valence-electron chi connectivity index (χ2n) is 9.52. The lowest BCUT2D eigenvalue weighted by molar-refractivity contribution is -0.145. The minimum Gasteiger partial charge on any atom is -0.478 e. The molecule has 1 aromatic heterocycles. The number of carbonyl (C=O) groups is 1. The zero-order valence-electron chi connectivity index (χ0n) is 21.8. The summed E-state index contributed by atoms with van der Waals surface area (Å²) in [4.78, 5) is 25.5.